The number of hydrogen-bond acceptors (Lipinski definition) is 4. The monoisotopic (exact) mass is 383 g/mol. The van der Waals surface area contributed by atoms with E-state index in [9.17, 15) is 9.59 Å². The number of methoxy groups -OCH3 is 1. The van der Waals surface area contributed by atoms with Gasteiger partial charge in [0.1, 0.15) is 5.75 Å². The molecule has 1 saturated heterocycles. The molecule has 3 N–H and O–H groups in total. The van der Waals surface area contributed by atoms with Gasteiger partial charge in [-0.15, -0.1) is 0 Å². The molecule has 7 nitrogen and oxygen atoms in total. The van der Waals surface area contributed by atoms with Crippen LogP contribution in [0, 0.1) is 0 Å². The molecular weight excluding hydrogens is 356 g/mol. The molecule has 148 valence electrons. The van der Waals surface area contributed by atoms with E-state index in [1.807, 2.05) is 12.1 Å². The second kappa shape index (κ2) is 9.23. The average molecular weight is 383 g/mol. The molecule has 0 bridgehead atoms. The third-order valence-corrected chi connectivity index (χ3v) is 4.95. The van der Waals surface area contributed by atoms with E-state index < -0.39 is 0 Å². The molecule has 2 amide bonds. The summed E-state index contributed by atoms with van der Waals surface area (Å²) in [6.07, 6.45) is 0. The molecule has 1 aliphatic rings. The lowest BCUT2D eigenvalue weighted by atomic mass is 10.2. The maximum Gasteiger partial charge on any atom is 0.279 e. The lowest BCUT2D eigenvalue weighted by Crippen LogP contribution is -3.15. The summed E-state index contributed by atoms with van der Waals surface area (Å²) >= 11 is 0. The predicted octanol–water partition coefficient (Wildman–Crippen LogP) is 0.398. The van der Waals surface area contributed by atoms with Crippen molar-refractivity contribution < 1.29 is 19.2 Å². The standard InChI is InChI=1S/C21H26N4O3/c1-22-21(27)16-4-3-5-17(14-16)23-20(26)15-24-10-12-25(13-11-24)18-6-8-19(28-2)9-7-18/h3-9,14H,10-13,15H2,1-2H3,(H,22,27)(H,23,26)/p+1. The van der Waals surface area contributed by atoms with Gasteiger partial charge < -0.3 is 25.2 Å². The third-order valence-electron chi connectivity index (χ3n) is 4.95. The molecule has 0 aliphatic carbocycles. The van der Waals surface area contributed by atoms with Gasteiger partial charge in [-0.2, -0.15) is 0 Å². The molecule has 0 atom stereocenters. The van der Waals surface area contributed by atoms with Gasteiger partial charge in [-0.1, -0.05) is 6.07 Å². The van der Waals surface area contributed by atoms with Crippen LogP contribution < -0.4 is 25.2 Å². The summed E-state index contributed by atoms with van der Waals surface area (Å²) in [7, 11) is 3.25. The van der Waals surface area contributed by atoms with Crippen molar-refractivity contribution in [1.82, 2.24) is 5.32 Å². The SMILES string of the molecule is CNC(=O)c1cccc(NC(=O)C[NH+]2CCN(c3ccc(OC)cc3)CC2)c1. The van der Waals surface area contributed by atoms with E-state index in [1.54, 1.807) is 38.4 Å². The van der Waals surface area contributed by atoms with Crippen LogP contribution in [-0.2, 0) is 4.79 Å². The molecule has 1 aliphatic heterocycles. The van der Waals surface area contributed by atoms with Crippen LogP contribution in [0.5, 0.6) is 5.75 Å². The van der Waals surface area contributed by atoms with Crippen molar-refractivity contribution in [2.45, 2.75) is 0 Å². The van der Waals surface area contributed by atoms with Gasteiger partial charge >= 0.3 is 0 Å². The van der Waals surface area contributed by atoms with Crippen LogP contribution in [0.25, 0.3) is 0 Å². The van der Waals surface area contributed by atoms with Crippen LogP contribution in [0.15, 0.2) is 48.5 Å². The molecule has 2 aromatic rings. The van der Waals surface area contributed by atoms with E-state index in [-0.39, 0.29) is 11.8 Å². The fourth-order valence-corrected chi connectivity index (χ4v) is 3.37. The van der Waals surface area contributed by atoms with Crippen molar-refractivity contribution >= 4 is 23.2 Å². The van der Waals surface area contributed by atoms with Crippen LogP contribution in [0.2, 0.25) is 0 Å². The van der Waals surface area contributed by atoms with E-state index in [1.165, 1.54) is 10.6 Å². The summed E-state index contributed by atoms with van der Waals surface area (Å²) in [6, 6.07) is 15.0. The molecule has 3 rings (SSSR count). The highest BCUT2D eigenvalue weighted by molar-refractivity contribution is 5.97. The highest BCUT2D eigenvalue weighted by Crippen LogP contribution is 2.19. The molecule has 28 heavy (non-hydrogen) atoms. The number of benzene rings is 2. The molecular formula is C21H27N4O3+. The maximum atomic E-state index is 12.4. The number of nitrogens with zero attached hydrogens (tertiary/aromatic N) is 1. The zero-order chi connectivity index (χ0) is 19.9. The number of anilines is 2. The highest BCUT2D eigenvalue weighted by Gasteiger charge is 2.22. The number of carbonyl (C=O) groups excluding carboxylic acids is 2. The smallest absolute Gasteiger partial charge is 0.279 e. The Balaban J connectivity index is 1.49. The second-order valence-corrected chi connectivity index (χ2v) is 6.82. The molecule has 1 fully saturated rings. The number of quaternary nitrogens is 1. The Hall–Kier alpha value is -3.06. The van der Waals surface area contributed by atoms with E-state index in [0.717, 1.165) is 31.9 Å². The minimum atomic E-state index is -0.170. The zero-order valence-corrected chi connectivity index (χ0v) is 16.3. The molecule has 0 aromatic heterocycles. The van der Waals surface area contributed by atoms with Crippen LogP contribution in [-0.4, -0.2) is 58.7 Å². The van der Waals surface area contributed by atoms with E-state index >= 15 is 0 Å². The Bertz CT molecular complexity index is 815. The summed E-state index contributed by atoms with van der Waals surface area (Å²) in [5.41, 5.74) is 2.35. The number of carbonyl (C=O) groups is 2. The maximum absolute atomic E-state index is 12.4. The highest BCUT2D eigenvalue weighted by atomic mass is 16.5. The van der Waals surface area contributed by atoms with Gasteiger partial charge in [-0.3, -0.25) is 9.59 Å². The Kier molecular flexibility index (Phi) is 6.49. The first kappa shape index (κ1) is 19.7. The van der Waals surface area contributed by atoms with E-state index in [0.29, 0.717) is 17.8 Å². The Morgan fingerprint density at radius 3 is 2.46 bits per heavy atom. The van der Waals surface area contributed by atoms with Crippen LogP contribution in [0.4, 0.5) is 11.4 Å². The first-order valence-corrected chi connectivity index (χ1v) is 9.43. The van der Waals surface area contributed by atoms with Gasteiger partial charge in [0.05, 0.1) is 33.3 Å². The number of nitrogens with one attached hydrogen (secondary N) is 3. The lowest BCUT2D eigenvalue weighted by Gasteiger charge is -2.33. The Labute approximate surface area is 165 Å². The number of hydrogen-bond donors (Lipinski definition) is 3. The normalized spacial score (nSPS) is 14.4. The average Bonchev–Trinajstić information content (AvgIpc) is 2.74. The van der Waals surface area contributed by atoms with Crippen molar-refractivity contribution in [3.05, 3.63) is 54.1 Å². The summed E-state index contributed by atoms with van der Waals surface area (Å²) < 4.78 is 5.20. The largest absolute Gasteiger partial charge is 0.497 e. The Morgan fingerprint density at radius 2 is 1.82 bits per heavy atom. The quantitative estimate of drug-likeness (QED) is 0.675. The molecule has 0 spiro atoms. The fraction of sp³-hybridized carbons (Fsp3) is 0.333. The topological polar surface area (TPSA) is 75.1 Å². The van der Waals surface area contributed by atoms with Gasteiger partial charge in [-0.05, 0) is 42.5 Å². The van der Waals surface area contributed by atoms with Gasteiger partial charge in [-0.25, -0.2) is 0 Å². The Morgan fingerprint density at radius 1 is 1.11 bits per heavy atom. The number of piperazine rings is 1. The van der Waals surface area contributed by atoms with Crippen molar-refractivity contribution in [3.63, 3.8) is 0 Å². The van der Waals surface area contributed by atoms with E-state index in [4.69, 9.17) is 4.74 Å². The summed E-state index contributed by atoms with van der Waals surface area (Å²) in [5.74, 6) is 0.642. The first-order chi connectivity index (χ1) is 13.6. The minimum absolute atomic E-state index is 0.0399. The van der Waals surface area contributed by atoms with Crippen molar-refractivity contribution in [2.75, 3.05) is 57.1 Å². The van der Waals surface area contributed by atoms with E-state index in [2.05, 4.69) is 27.7 Å². The molecule has 7 heteroatoms. The first-order valence-electron chi connectivity index (χ1n) is 9.43. The third kappa shape index (κ3) is 5.01. The van der Waals surface area contributed by atoms with Crippen molar-refractivity contribution in [1.29, 1.82) is 0 Å². The van der Waals surface area contributed by atoms with Gasteiger partial charge in [0, 0.05) is 24.0 Å². The predicted molar refractivity (Wildman–Crippen MR) is 109 cm³/mol. The fourth-order valence-electron chi connectivity index (χ4n) is 3.37. The number of amides is 2. The molecule has 0 saturated carbocycles. The summed E-state index contributed by atoms with van der Waals surface area (Å²) in [5, 5.41) is 5.48. The molecule has 2 aromatic carbocycles. The molecule has 0 unspecified atom stereocenters. The minimum Gasteiger partial charge on any atom is -0.497 e. The summed E-state index contributed by atoms with van der Waals surface area (Å²) in [6.45, 7) is 4.03. The van der Waals surface area contributed by atoms with Crippen LogP contribution in [0.1, 0.15) is 10.4 Å². The van der Waals surface area contributed by atoms with Gasteiger partial charge in [0.25, 0.3) is 11.8 Å². The second-order valence-electron chi connectivity index (χ2n) is 6.82. The number of ether oxygens (including phenoxy) is 1. The van der Waals surface area contributed by atoms with Crippen LogP contribution in [0.3, 0.4) is 0 Å². The lowest BCUT2D eigenvalue weighted by molar-refractivity contribution is -0.892. The summed E-state index contributed by atoms with van der Waals surface area (Å²) in [4.78, 5) is 27.7. The van der Waals surface area contributed by atoms with Crippen LogP contribution >= 0.6 is 0 Å². The molecule has 0 radical (unpaired) electrons. The zero-order valence-electron chi connectivity index (χ0n) is 16.3. The van der Waals surface area contributed by atoms with Gasteiger partial charge in [0.2, 0.25) is 0 Å². The van der Waals surface area contributed by atoms with Crippen molar-refractivity contribution in [3.8, 4) is 5.75 Å². The molecule has 1 heterocycles. The van der Waals surface area contributed by atoms with Crippen molar-refractivity contribution in [2.24, 2.45) is 0 Å². The van der Waals surface area contributed by atoms with Gasteiger partial charge in [0.15, 0.2) is 6.54 Å². The number of rotatable bonds is 6.